The lowest BCUT2D eigenvalue weighted by Gasteiger charge is -2.33. The molecule has 1 aromatic rings. The van der Waals surface area contributed by atoms with Crippen LogP contribution in [0.3, 0.4) is 0 Å². The lowest BCUT2D eigenvalue weighted by molar-refractivity contribution is 0.140. The minimum atomic E-state index is 0.398. The number of piperazine rings is 1. The van der Waals surface area contributed by atoms with Gasteiger partial charge in [-0.25, -0.2) is 0 Å². The quantitative estimate of drug-likeness (QED) is 0.507. The van der Waals surface area contributed by atoms with E-state index in [4.69, 9.17) is 15.2 Å². The van der Waals surface area contributed by atoms with Gasteiger partial charge in [0, 0.05) is 45.3 Å². The van der Waals surface area contributed by atoms with Crippen molar-refractivity contribution in [3.8, 4) is 11.5 Å². The van der Waals surface area contributed by atoms with Gasteiger partial charge in [-0.05, 0) is 38.9 Å². The van der Waals surface area contributed by atoms with Crippen LogP contribution in [0.1, 0.15) is 20.8 Å². The minimum Gasteiger partial charge on any atom is -0.494 e. The van der Waals surface area contributed by atoms with E-state index in [1.807, 2.05) is 32.0 Å². The summed E-state index contributed by atoms with van der Waals surface area (Å²) in [5.74, 6) is 2.37. The molecule has 1 fully saturated rings. The first-order valence-corrected chi connectivity index (χ1v) is 9.89. The standard InChI is InChI=1S/C20H35N5O2/c1-5-26-17-7-8-19(27-6-2)18(13-17)23-20(21)22-14-16(3)15-25-11-9-24(4)10-12-25/h7-8,13,16H,5-6,9-12,14-15H2,1-4H3,(H3,21,22,23). The minimum absolute atomic E-state index is 0.398. The van der Waals surface area contributed by atoms with Gasteiger partial charge in [0.1, 0.15) is 11.5 Å². The van der Waals surface area contributed by atoms with Crippen molar-refractivity contribution in [1.29, 1.82) is 0 Å². The molecule has 1 aromatic carbocycles. The van der Waals surface area contributed by atoms with Gasteiger partial charge in [0.15, 0.2) is 5.96 Å². The van der Waals surface area contributed by atoms with Crippen LogP contribution in [0.25, 0.3) is 0 Å². The Labute approximate surface area is 163 Å². The number of aliphatic imine (C=N–C) groups is 1. The van der Waals surface area contributed by atoms with Crippen LogP contribution >= 0.6 is 0 Å². The lowest BCUT2D eigenvalue weighted by atomic mass is 10.1. The highest BCUT2D eigenvalue weighted by molar-refractivity contribution is 5.94. The number of nitrogens with one attached hydrogen (secondary N) is 1. The monoisotopic (exact) mass is 377 g/mol. The van der Waals surface area contributed by atoms with E-state index < -0.39 is 0 Å². The third kappa shape index (κ3) is 7.27. The molecule has 1 aliphatic rings. The summed E-state index contributed by atoms with van der Waals surface area (Å²) in [4.78, 5) is 9.40. The summed E-state index contributed by atoms with van der Waals surface area (Å²) in [5, 5.41) is 3.16. The Hall–Kier alpha value is -1.99. The zero-order chi connectivity index (χ0) is 19.6. The molecule has 1 saturated heterocycles. The van der Waals surface area contributed by atoms with Crippen LogP contribution in [-0.2, 0) is 0 Å². The zero-order valence-electron chi connectivity index (χ0n) is 17.2. The zero-order valence-corrected chi connectivity index (χ0v) is 17.2. The van der Waals surface area contributed by atoms with Crippen LogP contribution < -0.4 is 20.5 Å². The molecule has 3 N–H and O–H groups in total. The third-order valence-electron chi connectivity index (χ3n) is 4.56. The summed E-state index contributed by atoms with van der Waals surface area (Å²) in [7, 11) is 2.18. The lowest BCUT2D eigenvalue weighted by Crippen LogP contribution is -2.46. The van der Waals surface area contributed by atoms with Crippen molar-refractivity contribution >= 4 is 11.6 Å². The van der Waals surface area contributed by atoms with Gasteiger partial charge in [0.2, 0.25) is 0 Å². The molecular weight excluding hydrogens is 342 g/mol. The Morgan fingerprint density at radius 1 is 1.19 bits per heavy atom. The van der Waals surface area contributed by atoms with Gasteiger partial charge in [-0.2, -0.15) is 0 Å². The molecule has 1 atom stereocenters. The molecule has 0 bridgehead atoms. The van der Waals surface area contributed by atoms with Crippen LogP contribution in [0.15, 0.2) is 23.2 Å². The van der Waals surface area contributed by atoms with Crippen LogP contribution in [0, 0.1) is 5.92 Å². The smallest absolute Gasteiger partial charge is 0.193 e. The average molecular weight is 378 g/mol. The highest BCUT2D eigenvalue weighted by Gasteiger charge is 2.16. The molecule has 0 aromatic heterocycles. The van der Waals surface area contributed by atoms with Crippen molar-refractivity contribution in [3.63, 3.8) is 0 Å². The fraction of sp³-hybridized carbons (Fsp3) is 0.650. The Morgan fingerprint density at radius 2 is 1.89 bits per heavy atom. The average Bonchev–Trinajstić information content (AvgIpc) is 2.64. The van der Waals surface area contributed by atoms with E-state index in [0.717, 1.165) is 49.9 Å². The second-order valence-corrected chi connectivity index (χ2v) is 7.08. The van der Waals surface area contributed by atoms with Gasteiger partial charge >= 0.3 is 0 Å². The van der Waals surface area contributed by atoms with Crippen LogP contribution in [-0.4, -0.2) is 75.3 Å². The maximum atomic E-state index is 6.12. The van der Waals surface area contributed by atoms with Crippen LogP contribution in [0.2, 0.25) is 0 Å². The second kappa shape index (κ2) is 11.0. The van der Waals surface area contributed by atoms with Crippen molar-refractivity contribution < 1.29 is 9.47 Å². The van der Waals surface area contributed by atoms with Gasteiger partial charge in [-0.1, -0.05) is 6.92 Å². The first-order valence-electron chi connectivity index (χ1n) is 9.89. The number of nitrogens with two attached hydrogens (primary N) is 1. The van der Waals surface area contributed by atoms with E-state index in [9.17, 15) is 0 Å². The first-order chi connectivity index (χ1) is 13.0. The molecule has 7 heteroatoms. The van der Waals surface area contributed by atoms with Gasteiger partial charge in [-0.3, -0.25) is 4.99 Å². The Bertz CT molecular complexity index is 600. The molecule has 1 aliphatic heterocycles. The van der Waals surface area contributed by atoms with Crippen molar-refractivity contribution in [1.82, 2.24) is 9.80 Å². The summed E-state index contributed by atoms with van der Waals surface area (Å²) >= 11 is 0. The Morgan fingerprint density at radius 3 is 2.56 bits per heavy atom. The first kappa shape index (κ1) is 21.3. The number of hydrogen-bond acceptors (Lipinski definition) is 5. The molecule has 1 unspecified atom stereocenters. The van der Waals surface area contributed by atoms with E-state index in [2.05, 4.69) is 34.1 Å². The molecule has 0 saturated carbocycles. The number of nitrogens with zero attached hydrogens (tertiary/aromatic N) is 3. The number of hydrogen-bond donors (Lipinski definition) is 2. The van der Waals surface area contributed by atoms with Crippen molar-refractivity contribution in [2.45, 2.75) is 20.8 Å². The number of benzene rings is 1. The summed E-state index contributed by atoms with van der Waals surface area (Å²) in [5.41, 5.74) is 6.89. The molecule has 1 heterocycles. The molecule has 27 heavy (non-hydrogen) atoms. The summed E-state index contributed by atoms with van der Waals surface area (Å²) in [6, 6.07) is 5.68. The molecule has 0 spiro atoms. The summed E-state index contributed by atoms with van der Waals surface area (Å²) in [6.07, 6.45) is 0. The molecule has 0 radical (unpaired) electrons. The fourth-order valence-electron chi connectivity index (χ4n) is 3.11. The van der Waals surface area contributed by atoms with E-state index in [0.29, 0.717) is 31.6 Å². The number of ether oxygens (including phenoxy) is 2. The van der Waals surface area contributed by atoms with Crippen molar-refractivity contribution in [3.05, 3.63) is 18.2 Å². The fourth-order valence-corrected chi connectivity index (χ4v) is 3.11. The molecular formula is C20H35N5O2. The summed E-state index contributed by atoms with van der Waals surface area (Å²) in [6.45, 7) is 13.6. The van der Waals surface area contributed by atoms with E-state index >= 15 is 0 Å². The molecule has 152 valence electrons. The highest BCUT2D eigenvalue weighted by Crippen LogP contribution is 2.29. The number of anilines is 1. The second-order valence-electron chi connectivity index (χ2n) is 7.08. The van der Waals surface area contributed by atoms with Crippen molar-refractivity contribution in [2.24, 2.45) is 16.6 Å². The SMILES string of the molecule is CCOc1ccc(OCC)c(NC(N)=NCC(C)CN2CCN(C)CC2)c1. The third-order valence-corrected chi connectivity index (χ3v) is 4.56. The van der Waals surface area contributed by atoms with Gasteiger partial charge < -0.3 is 30.3 Å². The van der Waals surface area contributed by atoms with Gasteiger partial charge in [0.05, 0.1) is 18.9 Å². The largest absolute Gasteiger partial charge is 0.494 e. The highest BCUT2D eigenvalue weighted by atomic mass is 16.5. The van der Waals surface area contributed by atoms with E-state index in [1.54, 1.807) is 0 Å². The van der Waals surface area contributed by atoms with E-state index in [-0.39, 0.29) is 0 Å². The maximum Gasteiger partial charge on any atom is 0.193 e. The summed E-state index contributed by atoms with van der Waals surface area (Å²) < 4.78 is 11.2. The molecule has 2 rings (SSSR count). The van der Waals surface area contributed by atoms with Gasteiger partial charge in [0.25, 0.3) is 0 Å². The number of guanidine groups is 1. The molecule has 0 aliphatic carbocycles. The number of likely N-dealkylation sites (N-methyl/N-ethyl adjacent to an activating group) is 1. The maximum absolute atomic E-state index is 6.12. The molecule has 0 amide bonds. The van der Waals surface area contributed by atoms with E-state index in [1.165, 1.54) is 0 Å². The number of rotatable bonds is 9. The molecule has 7 nitrogen and oxygen atoms in total. The normalized spacial score (nSPS) is 17.6. The van der Waals surface area contributed by atoms with Crippen LogP contribution in [0.4, 0.5) is 5.69 Å². The van der Waals surface area contributed by atoms with Crippen molar-refractivity contribution in [2.75, 3.05) is 64.8 Å². The Kier molecular flexibility index (Phi) is 8.67. The Balaban J connectivity index is 1.90. The predicted octanol–water partition coefficient (Wildman–Crippen LogP) is 2.09. The predicted molar refractivity (Wildman–Crippen MR) is 112 cm³/mol. The topological polar surface area (TPSA) is 75.3 Å². The van der Waals surface area contributed by atoms with Gasteiger partial charge in [-0.15, -0.1) is 0 Å². The van der Waals surface area contributed by atoms with Crippen LogP contribution in [0.5, 0.6) is 11.5 Å².